The van der Waals surface area contributed by atoms with Gasteiger partial charge in [0, 0.05) is 5.56 Å². The summed E-state index contributed by atoms with van der Waals surface area (Å²) in [5, 5.41) is 0. The molecule has 0 aromatic heterocycles. The lowest BCUT2D eigenvalue weighted by atomic mass is 9.90. The van der Waals surface area contributed by atoms with Crippen LogP contribution in [0.1, 0.15) is 42.5 Å². The van der Waals surface area contributed by atoms with Gasteiger partial charge in [-0.05, 0) is 37.0 Å². The van der Waals surface area contributed by atoms with Crippen molar-refractivity contribution in [2.45, 2.75) is 32.1 Å². The Morgan fingerprint density at radius 1 is 1.28 bits per heavy atom. The fourth-order valence-corrected chi connectivity index (χ4v) is 2.39. The number of nitrogens with two attached hydrogens (primary N) is 2. The molecule has 98 valence electrons. The van der Waals surface area contributed by atoms with Gasteiger partial charge in [-0.1, -0.05) is 19.3 Å². The van der Waals surface area contributed by atoms with Gasteiger partial charge in [0.15, 0.2) is 0 Å². The summed E-state index contributed by atoms with van der Waals surface area (Å²) in [4.78, 5) is 11.0. The SMILES string of the molecule is NC(=O)c1ccc(OCC2CCCCC2)c(N)c1. The molecule has 1 aromatic rings. The molecule has 0 atom stereocenters. The molecule has 1 aromatic carbocycles. The summed E-state index contributed by atoms with van der Waals surface area (Å²) in [6.45, 7) is 0.708. The molecule has 18 heavy (non-hydrogen) atoms. The Labute approximate surface area is 107 Å². The van der Waals surface area contributed by atoms with E-state index in [1.807, 2.05) is 0 Å². The Morgan fingerprint density at radius 2 is 2.00 bits per heavy atom. The molecule has 4 heteroatoms. The predicted octanol–water partition coefficient (Wildman–Crippen LogP) is 2.33. The molecule has 1 aliphatic carbocycles. The smallest absolute Gasteiger partial charge is 0.248 e. The molecule has 0 heterocycles. The number of primary amides is 1. The molecule has 4 N–H and O–H groups in total. The van der Waals surface area contributed by atoms with E-state index >= 15 is 0 Å². The second-order valence-corrected chi connectivity index (χ2v) is 4.93. The summed E-state index contributed by atoms with van der Waals surface area (Å²) in [7, 11) is 0. The molecule has 0 bridgehead atoms. The van der Waals surface area contributed by atoms with Crippen molar-refractivity contribution in [2.24, 2.45) is 11.7 Å². The summed E-state index contributed by atoms with van der Waals surface area (Å²) in [6, 6.07) is 4.94. The largest absolute Gasteiger partial charge is 0.491 e. The highest BCUT2D eigenvalue weighted by Gasteiger charge is 2.14. The van der Waals surface area contributed by atoms with Crippen molar-refractivity contribution in [3.63, 3.8) is 0 Å². The van der Waals surface area contributed by atoms with Gasteiger partial charge in [0.1, 0.15) is 5.75 Å². The third-order valence-electron chi connectivity index (χ3n) is 3.49. The van der Waals surface area contributed by atoms with Crippen LogP contribution < -0.4 is 16.2 Å². The first-order chi connectivity index (χ1) is 8.66. The van der Waals surface area contributed by atoms with Crippen LogP contribution >= 0.6 is 0 Å². The molecule has 1 saturated carbocycles. The van der Waals surface area contributed by atoms with Gasteiger partial charge < -0.3 is 16.2 Å². The molecule has 0 radical (unpaired) electrons. The van der Waals surface area contributed by atoms with Crippen molar-refractivity contribution in [2.75, 3.05) is 12.3 Å². The summed E-state index contributed by atoms with van der Waals surface area (Å²) in [5.41, 5.74) is 11.9. The minimum atomic E-state index is -0.472. The van der Waals surface area contributed by atoms with Crippen LogP contribution in [-0.2, 0) is 0 Å². The standard InChI is InChI=1S/C14H20N2O2/c15-12-8-11(14(16)17)6-7-13(12)18-9-10-4-2-1-3-5-10/h6-8,10H,1-5,9,15H2,(H2,16,17). The number of hydrogen-bond donors (Lipinski definition) is 2. The van der Waals surface area contributed by atoms with E-state index in [0.29, 0.717) is 29.5 Å². The lowest BCUT2D eigenvalue weighted by Gasteiger charge is -2.22. The highest BCUT2D eigenvalue weighted by molar-refractivity contribution is 5.94. The number of ether oxygens (including phenoxy) is 1. The zero-order valence-corrected chi connectivity index (χ0v) is 10.5. The van der Waals surface area contributed by atoms with Crippen LogP contribution in [0.15, 0.2) is 18.2 Å². The number of benzene rings is 1. The number of amides is 1. The summed E-state index contributed by atoms with van der Waals surface area (Å²) in [5.74, 6) is 0.806. The Balaban J connectivity index is 1.94. The van der Waals surface area contributed by atoms with Crippen LogP contribution in [0.5, 0.6) is 5.75 Å². The molecule has 1 fully saturated rings. The van der Waals surface area contributed by atoms with Gasteiger partial charge in [-0.25, -0.2) is 0 Å². The van der Waals surface area contributed by atoms with Gasteiger partial charge >= 0.3 is 0 Å². The average Bonchev–Trinajstić information content (AvgIpc) is 2.38. The van der Waals surface area contributed by atoms with Gasteiger partial charge in [0.25, 0.3) is 0 Å². The normalized spacial score (nSPS) is 16.4. The topological polar surface area (TPSA) is 78.3 Å². The van der Waals surface area contributed by atoms with E-state index in [4.69, 9.17) is 16.2 Å². The Kier molecular flexibility index (Phi) is 4.07. The van der Waals surface area contributed by atoms with Crippen LogP contribution in [0.4, 0.5) is 5.69 Å². The van der Waals surface area contributed by atoms with Gasteiger partial charge in [-0.15, -0.1) is 0 Å². The molecular formula is C14H20N2O2. The van der Waals surface area contributed by atoms with Crippen molar-refractivity contribution in [1.29, 1.82) is 0 Å². The van der Waals surface area contributed by atoms with Crippen molar-refractivity contribution in [3.05, 3.63) is 23.8 Å². The van der Waals surface area contributed by atoms with Gasteiger partial charge in [0.05, 0.1) is 12.3 Å². The first kappa shape index (κ1) is 12.7. The highest BCUT2D eigenvalue weighted by Crippen LogP contribution is 2.27. The van der Waals surface area contributed by atoms with Crippen LogP contribution in [0.25, 0.3) is 0 Å². The van der Waals surface area contributed by atoms with E-state index in [9.17, 15) is 4.79 Å². The zero-order chi connectivity index (χ0) is 13.0. The van der Waals surface area contributed by atoms with Gasteiger partial charge in [-0.2, -0.15) is 0 Å². The zero-order valence-electron chi connectivity index (χ0n) is 10.5. The number of anilines is 1. The molecule has 1 amide bonds. The molecule has 0 aliphatic heterocycles. The summed E-state index contributed by atoms with van der Waals surface area (Å²) in [6.07, 6.45) is 6.40. The third kappa shape index (κ3) is 3.15. The molecule has 4 nitrogen and oxygen atoms in total. The minimum absolute atomic E-state index is 0.414. The van der Waals surface area contributed by atoms with Crippen LogP contribution in [0.2, 0.25) is 0 Å². The van der Waals surface area contributed by atoms with E-state index in [2.05, 4.69) is 0 Å². The second kappa shape index (κ2) is 5.76. The molecule has 0 saturated heterocycles. The Morgan fingerprint density at radius 3 is 2.61 bits per heavy atom. The van der Waals surface area contributed by atoms with Crippen molar-refractivity contribution in [1.82, 2.24) is 0 Å². The van der Waals surface area contributed by atoms with Crippen molar-refractivity contribution in [3.8, 4) is 5.75 Å². The van der Waals surface area contributed by atoms with E-state index in [0.717, 1.165) is 0 Å². The number of nitrogen functional groups attached to an aromatic ring is 1. The average molecular weight is 248 g/mol. The van der Waals surface area contributed by atoms with Crippen LogP contribution in [0, 0.1) is 5.92 Å². The van der Waals surface area contributed by atoms with E-state index in [1.54, 1.807) is 18.2 Å². The second-order valence-electron chi connectivity index (χ2n) is 4.93. The number of rotatable bonds is 4. The van der Waals surface area contributed by atoms with Gasteiger partial charge in [0.2, 0.25) is 5.91 Å². The maximum Gasteiger partial charge on any atom is 0.248 e. The molecule has 0 spiro atoms. The maximum atomic E-state index is 11.0. The monoisotopic (exact) mass is 248 g/mol. The first-order valence-corrected chi connectivity index (χ1v) is 6.49. The fraction of sp³-hybridized carbons (Fsp3) is 0.500. The van der Waals surface area contributed by atoms with Crippen molar-refractivity contribution < 1.29 is 9.53 Å². The Bertz CT molecular complexity index is 426. The van der Waals surface area contributed by atoms with Gasteiger partial charge in [-0.3, -0.25) is 4.79 Å². The Hall–Kier alpha value is -1.71. The lowest BCUT2D eigenvalue weighted by Crippen LogP contribution is -2.16. The maximum absolute atomic E-state index is 11.0. The fourth-order valence-electron chi connectivity index (χ4n) is 2.39. The molecule has 2 rings (SSSR count). The first-order valence-electron chi connectivity index (χ1n) is 6.49. The lowest BCUT2D eigenvalue weighted by molar-refractivity contribution is 0.100. The van der Waals surface area contributed by atoms with Crippen LogP contribution in [-0.4, -0.2) is 12.5 Å². The molecule has 0 unspecified atom stereocenters. The number of carbonyl (C=O) groups excluding carboxylic acids is 1. The minimum Gasteiger partial charge on any atom is -0.491 e. The predicted molar refractivity (Wildman–Crippen MR) is 71.4 cm³/mol. The summed E-state index contributed by atoms with van der Waals surface area (Å²) < 4.78 is 5.73. The van der Waals surface area contributed by atoms with E-state index < -0.39 is 5.91 Å². The van der Waals surface area contributed by atoms with E-state index in [-0.39, 0.29) is 0 Å². The molecule has 1 aliphatic rings. The summed E-state index contributed by atoms with van der Waals surface area (Å²) >= 11 is 0. The van der Waals surface area contributed by atoms with Crippen LogP contribution in [0.3, 0.4) is 0 Å². The highest BCUT2D eigenvalue weighted by atomic mass is 16.5. The quantitative estimate of drug-likeness (QED) is 0.803. The van der Waals surface area contributed by atoms with E-state index in [1.165, 1.54) is 32.1 Å². The van der Waals surface area contributed by atoms with Crippen molar-refractivity contribution >= 4 is 11.6 Å². The molecular weight excluding hydrogens is 228 g/mol. The third-order valence-corrected chi connectivity index (χ3v) is 3.49. The number of hydrogen-bond acceptors (Lipinski definition) is 3. The number of carbonyl (C=O) groups is 1.